The molecule has 0 bridgehead atoms. The van der Waals surface area contributed by atoms with Crippen molar-refractivity contribution in [3.8, 4) is 0 Å². The van der Waals surface area contributed by atoms with Gasteiger partial charge in [-0.25, -0.2) is 9.78 Å². The molecule has 1 aromatic heterocycles. The smallest absolute Gasteiger partial charge is 0.320 e. The number of rotatable bonds is 2. The highest BCUT2D eigenvalue weighted by molar-refractivity contribution is 7.13. The van der Waals surface area contributed by atoms with Crippen molar-refractivity contribution in [3.05, 3.63) is 15.5 Å². The van der Waals surface area contributed by atoms with E-state index in [2.05, 4.69) is 4.98 Å². The van der Waals surface area contributed by atoms with Crippen molar-refractivity contribution in [1.29, 1.82) is 0 Å². The standard InChI is InChI=1S/C9H12ClN3OS/c1-12-3-2-4-13(9(12)14)5-7-6-15-8(10)11-7/h6H,2-5H2,1H3. The summed E-state index contributed by atoms with van der Waals surface area (Å²) in [7, 11) is 1.82. The Labute approximate surface area is 97.5 Å². The monoisotopic (exact) mass is 245 g/mol. The van der Waals surface area contributed by atoms with Crippen molar-refractivity contribution in [2.24, 2.45) is 0 Å². The van der Waals surface area contributed by atoms with Crippen LogP contribution in [0.1, 0.15) is 12.1 Å². The molecule has 4 nitrogen and oxygen atoms in total. The van der Waals surface area contributed by atoms with Gasteiger partial charge in [0.15, 0.2) is 4.47 Å². The van der Waals surface area contributed by atoms with E-state index in [-0.39, 0.29) is 6.03 Å². The van der Waals surface area contributed by atoms with Crippen LogP contribution in [0.5, 0.6) is 0 Å². The van der Waals surface area contributed by atoms with E-state index >= 15 is 0 Å². The van der Waals surface area contributed by atoms with E-state index in [1.165, 1.54) is 11.3 Å². The fourth-order valence-electron chi connectivity index (χ4n) is 1.63. The highest BCUT2D eigenvalue weighted by Gasteiger charge is 2.23. The van der Waals surface area contributed by atoms with Gasteiger partial charge in [0.05, 0.1) is 12.2 Å². The molecule has 0 aromatic carbocycles. The number of nitrogens with zero attached hydrogens (tertiary/aromatic N) is 3. The van der Waals surface area contributed by atoms with Crippen LogP contribution in [0.2, 0.25) is 4.47 Å². The summed E-state index contributed by atoms with van der Waals surface area (Å²) >= 11 is 7.13. The largest absolute Gasteiger partial charge is 0.328 e. The highest BCUT2D eigenvalue weighted by Crippen LogP contribution is 2.18. The first-order valence-corrected chi connectivity index (χ1v) is 6.02. The Morgan fingerprint density at radius 2 is 2.40 bits per heavy atom. The lowest BCUT2D eigenvalue weighted by Crippen LogP contribution is -2.46. The zero-order chi connectivity index (χ0) is 10.8. The third kappa shape index (κ3) is 2.41. The Morgan fingerprint density at radius 3 is 3.07 bits per heavy atom. The maximum Gasteiger partial charge on any atom is 0.320 e. The summed E-state index contributed by atoms with van der Waals surface area (Å²) in [6, 6.07) is 0.0744. The Hall–Kier alpha value is -0.810. The number of hydrogen-bond acceptors (Lipinski definition) is 3. The number of aromatic nitrogens is 1. The number of amides is 2. The van der Waals surface area contributed by atoms with E-state index in [0.29, 0.717) is 11.0 Å². The zero-order valence-electron chi connectivity index (χ0n) is 8.44. The van der Waals surface area contributed by atoms with Gasteiger partial charge in [-0.2, -0.15) is 0 Å². The fourth-order valence-corrected chi connectivity index (χ4v) is 2.40. The lowest BCUT2D eigenvalue weighted by Gasteiger charge is -2.32. The average molecular weight is 246 g/mol. The maximum absolute atomic E-state index is 11.7. The summed E-state index contributed by atoms with van der Waals surface area (Å²) in [5, 5.41) is 1.89. The SMILES string of the molecule is CN1CCCN(Cc2csc(Cl)n2)C1=O. The molecule has 1 aliphatic rings. The molecule has 0 aliphatic carbocycles. The molecule has 1 fully saturated rings. The van der Waals surface area contributed by atoms with Crippen molar-refractivity contribution in [1.82, 2.24) is 14.8 Å². The van der Waals surface area contributed by atoms with Crippen LogP contribution in [0.25, 0.3) is 0 Å². The normalized spacial score (nSPS) is 17.3. The fraction of sp³-hybridized carbons (Fsp3) is 0.556. The van der Waals surface area contributed by atoms with Gasteiger partial charge in [0.1, 0.15) is 0 Å². The van der Waals surface area contributed by atoms with E-state index in [9.17, 15) is 4.79 Å². The predicted molar refractivity (Wildman–Crippen MR) is 60.2 cm³/mol. The van der Waals surface area contributed by atoms with Crippen LogP contribution in [0.4, 0.5) is 4.79 Å². The molecule has 2 rings (SSSR count). The van der Waals surface area contributed by atoms with Crippen molar-refractivity contribution >= 4 is 29.0 Å². The number of thiazole rings is 1. The van der Waals surface area contributed by atoms with Crippen molar-refractivity contribution in [2.45, 2.75) is 13.0 Å². The third-order valence-electron chi connectivity index (χ3n) is 2.40. The van der Waals surface area contributed by atoms with Crippen molar-refractivity contribution in [2.75, 3.05) is 20.1 Å². The molecule has 15 heavy (non-hydrogen) atoms. The second-order valence-corrected chi connectivity index (χ2v) is 5.01. The molecule has 0 atom stereocenters. The minimum absolute atomic E-state index is 0.0744. The van der Waals surface area contributed by atoms with E-state index < -0.39 is 0 Å². The van der Waals surface area contributed by atoms with Gasteiger partial charge in [-0.1, -0.05) is 11.6 Å². The topological polar surface area (TPSA) is 36.4 Å². The van der Waals surface area contributed by atoms with E-state index in [1.807, 2.05) is 12.4 Å². The molecule has 0 radical (unpaired) electrons. The second kappa shape index (κ2) is 4.37. The number of halogens is 1. The van der Waals surface area contributed by atoms with Gasteiger partial charge in [0.25, 0.3) is 0 Å². The second-order valence-electron chi connectivity index (χ2n) is 3.57. The molecule has 0 saturated carbocycles. The minimum atomic E-state index is 0.0744. The van der Waals surface area contributed by atoms with Gasteiger partial charge >= 0.3 is 6.03 Å². The van der Waals surface area contributed by atoms with Crippen LogP contribution in [0.3, 0.4) is 0 Å². The van der Waals surface area contributed by atoms with Crippen LogP contribution >= 0.6 is 22.9 Å². The van der Waals surface area contributed by atoms with Crippen LogP contribution < -0.4 is 0 Å². The molecule has 2 heterocycles. The Morgan fingerprint density at radius 1 is 1.60 bits per heavy atom. The van der Waals surface area contributed by atoms with Gasteiger partial charge in [-0.05, 0) is 6.42 Å². The van der Waals surface area contributed by atoms with E-state index in [4.69, 9.17) is 11.6 Å². The summed E-state index contributed by atoms with van der Waals surface area (Å²) < 4.78 is 0.530. The molecule has 82 valence electrons. The highest BCUT2D eigenvalue weighted by atomic mass is 35.5. The van der Waals surface area contributed by atoms with Crippen LogP contribution in [-0.4, -0.2) is 41.0 Å². The molecule has 2 amide bonds. The van der Waals surface area contributed by atoms with Gasteiger partial charge in [-0.15, -0.1) is 11.3 Å². The first-order chi connectivity index (χ1) is 7.16. The summed E-state index contributed by atoms with van der Waals surface area (Å²) in [6.45, 7) is 2.21. The first kappa shape index (κ1) is 10.7. The first-order valence-electron chi connectivity index (χ1n) is 4.77. The minimum Gasteiger partial charge on any atom is -0.328 e. The molecule has 0 N–H and O–H groups in total. The molecular weight excluding hydrogens is 234 g/mol. The van der Waals surface area contributed by atoms with Gasteiger partial charge in [0.2, 0.25) is 0 Å². The zero-order valence-corrected chi connectivity index (χ0v) is 10.0. The Balaban J connectivity index is 2.02. The maximum atomic E-state index is 11.7. The van der Waals surface area contributed by atoms with Gasteiger partial charge in [0, 0.05) is 25.5 Å². The molecular formula is C9H12ClN3OS. The lowest BCUT2D eigenvalue weighted by atomic mass is 10.3. The van der Waals surface area contributed by atoms with Gasteiger partial charge in [-0.3, -0.25) is 0 Å². The summed E-state index contributed by atoms with van der Waals surface area (Å²) in [6.07, 6.45) is 1.01. The molecule has 6 heteroatoms. The summed E-state index contributed by atoms with van der Waals surface area (Å²) in [5.41, 5.74) is 0.869. The number of hydrogen-bond donors (Lipinski definition) is 0. The van der Waals surface area contributed by atoms with Crippen molar-refractivity contribution in [3.63, 3.8) is 0 Å². The van der Waals surface area contributed by atoms with Crippen molar-refractivity contribution < 1.29 is 4.79 Å². The molecule has 0 spiro atoms. The third-order valence-corrected chi connectivity index (χ3v) is 3.42. The van der Waals surface area contributed by atoms with E-state index in [1.54, 1.807) is 9.80 Å². The number of carbonyl (C=O) groups excluding carboxylic acids is 1. The predicted octanol–water partition coefficient (Wildman–Crippen LogP) is 2.05. The Kier molecular flexibility index (Phi) is 3.11. The van der Waals surface area contributed by atoms with Crippen LogP contribution in [-0.2, 0) is 6.54 Å². The number of urea groups is 1. The van der Waals surface area contributed by atoms with E-state index in [0.717, 1.165) is 25.2 Å². The quantitative estimate of drug-likeness (QED) is 0.800. The lowest BCUT2D eigenvalue weighted by molar-refractivity contribution is 0.137. The summed E-state index contributed by atoms with van der Waals surface area (Å²) in [4.78, 5) is 19.4. The molecule has 1 aliphatic heterocycles. The van der Waals surface area contributed by atoms with Gasteiger partial charge < -0.3 is 9.80 Å². The Bertz CT molecular complexity index is 368. The molecule has 1 saturated heterocycles. The molecule has 0 unspecified atom stereocenters. The number of carbonyl (C=O) groups is 1. The molecule has 1 aromatic rings. The van der Waals surface area contributed by atoms with Crippen LogP contribution in [0, 0.1) is 0 Å². The van der Waals surface area contributed by atoms with Crippen LogP contribution in [0.15, 0.2) is 5.38 Å². The summed E-state index contributed by atoms with van der Waals surface area (Å²) in [5.74, 6) is 0. The average Bonchev–Trinajstić information content (AvgIpc) is 2.59.